The van der Waals surface area contributed by atoms with Gasteiger partial charge in [0.2, 0.25) is 0 Å². The van der Waals surface area contributed by atoms with Gasteiger partial charge in [-0.2, -0.15) is 0 Å². The molecule has 0 unspecified atom stereocenters. The lowest BCUT2D eigenvalue weighted by atomic mass is 10.0. The lowest BCUT2D eigenvalue weighted by Gasteiger charge is -2.03. The standard InChI is InChI=1S/C11H13FN2/c1-8-7-9(4-5-10(8)12)11(14)3-2-6-13/h4-7,13-14H,2-3H2,1H3. The van der Waals surface area contributed by atoms with Crippen molar-refractivity contribution in [2.75, 3.05) is 0 Å². The molecule has 0 bridgehead atoms. The van der Waals surface area contributed by atoms with Crippen molar-refractivity contribution in [3.63, 3.8) is 0 Å². The number of aryl methyl sites for hydroxylation is 1. The average Bonchev–Trinajstić information content (AvgIpc) is 2.18. The Balaban J connectivity index is 2.80. The maximum atomic E-state index is 12.9. The summed E-state index contributed by atoms with van der Waals surface area (Å²) < 4.78 is 12.9. The van der Waals surface area contributed by atoms with Crippen molar-refractivity contribution >= 4 is 11.9 Å². The Bertz CT molecular complexity index is 358. The van der Waals surface area contributed by atoms with Gasteiger partial charge in [-0.25, -0.2) is 4.39 Å². The molecule has 74 valence electrons. The fourth-order valence-corrected chi connectivity index (χ4v) is 1.19. The summed E-state index contributed by atoms with van der Waals surface area (Å²) in [5, 5.41) is 14.5. The quantitative estimate of drug-likeness (QED) is 0.689. The van der Waals surface area contributed by atoms with E-state index in [4.69, 9.17) is 10.8 Å². The average molecular weight is 192 g/mol. The van der Waals surface area contributed by atoms with Crippen LogP contribution in [0.4, 0.5) is 4.39 Å². The highest BCUT2D eigenvalue weighted by Crippen LogP contribution is 2.11. The summed E-state index contributed by atoms with van der Waals surface area (Å²) >= 11 is 0. The molecule has 0 amide bonds. The van der Waals surface area contributed by atoms with Crippen LogP contribution in [-0.2, 0) is 0 Å². The molecule has 3 heteroatoms. The molecule has 2 N–H and O–H groups in total. The minimum absolute atomic E-state index is 0.242. The van der Waals surface area contributed by atoms with Crippen LogP contribution in [0.2, 0.25) is 0 Å². The predicted octanol–water partition coefficient (Wildman–Crippen LogP) is 2.93. The Labute approximate surface area is 82.8 Å². The first-order chi connectivity index (χ1) is 6.65. The number of benzene rings is 1. The maximum Gasteiger partial charge on any atom is 0.126 e. The normalized spacial score (nSPS) is 9.86. The summed E-state index contributed by atoms with van der Waals surface area (Å²) in [6.07, 6.45) is 2.38. The van der Waals surface area contributed by atoms with Gasteiger partial charge in [0.25, 0.3) is 0 Å². The Morgan fingerprint density at radius 3 is 2.79 bits per heavy atom. The summed E-state index contributed by atoms with van der Waals surface area (Å²) in [6, 6.07) is 4.65. The zero-order valence-electron chi connectivity index (χ0n) is 8.10. The molecule has 0 spiro atoms. The lowest BCUT2D eigenvalue weighted by molar-refractivity contribution is 0.618. The number of halogens is 1. The number of nitrogens with one attached hydrogen (secondary N) is 2. The van der Waals surface area contributed by atoms with Crippen LogP contribution in [0.25, 0.3) is 0 Å². The Hall–Kier alpha value is -1.51. The van der Waals surface area contributed by atoms with Gasteiger partial charge in [0.1, 0.15) is 5.82 Å². The molecule has 1 aromatic rings. The van der Waals surface area contributed by atoms with E-state index in [-0.39, 0.29) is 5.82 Å². The van der Waals surface area contributed by atoms with Crippen molar-refractivity contribution < 1.29 is 4.39 Å². The molecular weight excluding hydrogens is 179 g/mol. The van der Waals surface area contributed by atoms with E-state index in [0.29, 0.717) is 24.1 Å². The topological polar surface area (TPSA) is 47.7 Å². The van der Waals surface area contributed by atoms with Crippen molar-refractivity contribution in [2.45, 2.75) is 19.8 Å². The Morgan fingerprint density at radius 2 is 2.21 bits per heavy atom. The van der Waals surface area contributed by atoms with Gasteiger partial charge in [0.05, 0.1) is 0 Å². The summed E-state index contributed by atoms with van der Waals surface area (Å²) in [5.74, 6) is -0.242. The second-order valence-corrected chi connectivity index (χ2v) is 3.19. The molecule has 0 heterocycles. The molecule has 0 radical (unpaired) electrons. The molecule has 1 rings (SSSR count). The van der Waals surface area contributed by atoms with Crippen molar-refractivity contribution in [1.82, 2.24) is 0 Å². The van der Waals surface area contributed by atoms with Gasteiger partial charge in [-0.05, 0) is 49.2 Å². The number of hydrogen-bond acceptors (Lipinski definition) is 2. The van der Waals surface area contributed by atoms with E-state index in [1.54, 1.807) is 19.1 Å². The zero-order valence-corrected chi connectivity index (χ0v) is 8.10. The molecule has 1 aromatic carbocycles. The summed E-state index contributed by atoms with van der Waals surface area (Å²) in [6.45, 7) is 1.68. The highest BCUT2D eigenvalue weighted by molar-refractivity contribution is 5.99. The van der Waals surface area contributed by atoms with Crippen LogP contribution in [0.15, 0.2) is 18.2 Å². The summed E-state index contributed by atoms with van der Waals surface area (Å²) in [4.78, 5) is 0. The highest BCUT2D eigenvalue weighted by atomic mass is 19.1. The van der Waals surface area contributed by atoms with Gasteiger partial charge in [-0.15, -0.1) is 0 Å². The Morgan fingerprint density at radius 1 is 1.50 bits per heavy atom. The number of rotatable bonds is 4. The molecule has 0 fully saturated rings. The minimum Gasteiger partial charge on any atom is -0.313 e. The maximum absolute atomic E-state index is 12.9. The molecule has 2 nitrogen and oxygen atoms in total. The van der Waals surface area contributed by atoms with Gasteiger partial charge in [0, 0.05) is 5.71 Å². The SMILES string of the molecule is Cc1cc(C(=N)CCC=N)ccc1F. The van der Waals surface area contributed by atoms with Gasteiger partial charge >= 0.3 is 0 Å². The molecule has 0 aromatic heterocycles. The molecule has 0 saturated carbocycles. The summed E-state index contributed by atoms with van der Waals surface area (Å²) in [5.41, 5.74) is 1.75. The van der Waals surface area contributed by atoms with Crippen LogP contribution in [0.3, 0.4) is 0 Å². The van der Waals surface area contributed by atoms with E-state index in [1.165, 1.54) is 12.3 Å². The first-order valence-electron chi connectivity index (χ1n) is 4.48. The second kappa shape index (κ2) is 4.65. The van der Waals surface area contributed by atoms with Gasteiger partial charge in [0.15, 0.2) is 0 Å². The van der Waals surface area contributed by atoms with Crippen molar-refractivity contribution in [3.05, 3.63) is 35.1 Å². The van der Waals surface area contributed by atoms with Crippen LogP contribution in [-0.4, -0.2) is 11.9 Å². The Kier molecular flexibility index (Phi) is 3.51. The smallest absolute Gasteiger partial charge is 0.126 e. The molecule has 0 saturated heterocycles. The van der Waals surface area contributed by atoms with Gasteiger partial charge in [-0.1, -0.05) is 6.07 Å². The first-order valence-corrected chi connectivity index (χ1v) is 4.48. The number of hydrogen-bond donors (Lipinski definition) is 2. The molecular formula is C11H13FN2. The van der Waals surface area contributed by atoms with E-state index >= 15 is 0 Å². The van der Waals surface area contributed by atoms with E-state index in [9.17, 15) is 4.39 Å². The fraction of sp³-hybridized carbons (Fsp3) is 0.273. The molecule has 0 atom stereocenters. The third kappa shape index (κ3) is 2.49. The highest BCUT2D eigenvalue weighted by Gasteiger charge is 2.03. The molecule has 0 aliphatic rings. The third-order valence-corrected chi connectivity index (χ3v) is 2.05. The lowest BCUT2D eigenvalue weighted by Crippen LogP contribution is -2.00. The van der Waals surface area contributed by atoms with Crippen LogP contribution in [0.5, 0.6) is 0 Å². The van der Waals surface area contributed by atoms with E-state index in [1.807, 2.05) is 0 Å². The van der Waals surface area contributed by atoms with E-state index in [2.05, 4.69) is 0 Å². The van der Waals surface area contributed by atoms with E-state index < -0.39 is 0 Å². The van der Waals surface area contributed by atoms with Crippen molar-refractivity contribution in [2.24, 2.45) is 0 Å². The largest absolute Gasteiger partial charge is 0.313 e. The van der Waals surface area contributed by atoms with Gasteiger partial charge < -0.3 is 10.8 Å². The zero-order chi connectivity index (χ0) is 10.6. The first kappa shape index (κ1) is 10.6. The van der Waals surface area contributed by atoms with Crippen LogP contribution in [0, 0.1) is 23.6 Å². The fourth-order valence-electron chi connectivity index (χ4n) is 1.19. The van der Waals surface area contributed by atoms with Crippen LogP contribution >= 0.6 is 0 Å². The van der Waals surface area contributed by atoms with E-state index in [0.717, 1.165) is 5.56 Å². The molecule has 14 heavy (non-hydrogen) atoms. The molecule has 0 aliphatic heterocycles. The van der Waals surface area contributed by atoms with Crippen LogP contribution < -0.4 is 0 Å². The van der Waals surface area contributed by atoms with Crippen molar-refractivity contribution in [1.29, 1.82) is 10.8 Å². The monoisotopic (exact) mass is 192 g/mol. The van der Waals surface area contributed by atoms with Crippen molar-refractivity contribution in [3.8, 4) is 0 Å². The minimum atomic E-state index is -0.242. The predicted molar refractivity (Wildman–Crippen MR) is 56.0 cm³/mol. The van der Waals surface area contributed by atoms with Crippen LogP contribution in [0.1, 0.15) is 24.0 Å². The third-order valence-electron chi connectivity index (χ3n) is 2.05. The van der Waals surface area contributed by atoms with Gasteiger partial charge in [-0.3, -0.25) is 0 Å². The molecule has 0 aliphatic carbocycles. The second-order valence-electron chi connectivity index (χ2n) is 3.19. The summed E-state index contributed by atoms with van der Waals surface area (Å²) in [7, 11) is 0.